The molecular formula is C13H21ClN2O. The first-order valence-electron chi connectivity index (χ1n) is 5.89. The molecule has 0 unspecified atom stereocenters. The zero-order valence-corrected chi connectivity index (χ0v) is 11.5. The fourth-order valence-electron chi connectivity index (χ4n) is 1.41. The number of halogens is 1. The predicted molar refractivity (Wildman–Crippen MR) is 72.6 cm³/mol. The number of rotatable bonds is 6. The highest BCUT2D eigenvalue weighted by molar-refractivity contribution is 6.32. The largest absolute Gasteiger partial charge is 0.506 e. The number of likely N-dealkylation sites (N-methyl/N-ethyl adjacent to an activating group) is 1. The van der Waals surface area contributed by atoms with Crippen LogP contribution < -0.4 is 5.32 Å². The van der Waals surface area contributed by atoms with Crippen LogP contribution in [0.2, 0.25) is 5.02 Å². The fraction of sp³-hybridized carbons (Fsp3) is 0.538. The number of nitrogens with one attached hydrogen (secondary N) is 1. The summed E-state index contributed by atoms with van der Waals surface area (Å²) < 4.78 is 0. The van der Waals surface area contributed by atoms with E-state index in [0.717, 1.165) is 25.2 Å². The molecule has 3 nitrogen and oxygen atoms in total. The van der Waals surface area contributed by atoms with Crippen molar-refractivity contribution in [3.05, 3.63) is 28.8 Å². The first kappa shape index (κ1) is 14.3. The Balaban J connectivity index is 2.29. The summed E-state index contributed by atoms with van der Waals surface area (Å²) in [5.74, 6) is 0.134. The van der Waals surface area contributed by atoms with Gasteiger partial charge in [-0.15, -0.1) is 0 Å². The number of phenols is 1. The number of hydrogen-bond acceptors (Lipinski definition) is 3. The molecule has 2 N–H and O–H groups in total. The quantitative estimate of drug-likeness (QED) is 0.768. The van der Waals surface area contributed by atoms with Gasteiger partial charge in [-0.05, 0) is 38.6 Å². The van der Waals surface area contributed by atoms with Crippen molar-refractivity contribution in [1.82, 2.24) is 10.2 Å². The minimum absolute atomic E-state index is 0.134. The Bertz CT molecular complexity index is 355. The van der Waals surface area contributed by atoms with Crippen molar-refractivity contribution in [3.63, 3.8) is 0 Å². The van der Waals surface area contributed by atoms with Crippen LogP contribution in [-0.2, 0) is 6.54 Å². The molecule has 0 fully saturated rings. The third-order valence-electron chi connectivity index (χ3n) is 2.86. The van der Waals surface area contributed by atoms with Gasteiger partial charge in [0.25, 0.3) is 0 Å². The zero-order valence-electron chi connectivity index (χ0n) is 10.7. The fourth-order valence-corrected chi connectivity index (χ4v) is 1.61. The van der Waals surface area contributed by atoms with Gasteiger partial charge >= 0.3 is 0 Å². The molecule has 0 aliphatic rings. The lowest BCUT2D eigenvalue weighted by molar-refractivity contribution is 0.273. The van der Waals surface area contributed by atoms with Crippen molar-refractivity contribution in [2.24, 2.45) is 0 Å². The molecule has 4 heteroatoms. The highest BCUT2D eigenvalue weighted by Gasteiger charge is 2.02. The monoisotopic (exact) mass is 256 g/mol. The molecule has 0 saturated heterocycles. The Morgan fingerprint density at radius 3 is 2.71 bits per heavy atom. The Labute approximate surface area is 108 Å². The van der Waals surface area contributed by atoms with Gasteiger partial charge in [0, 0.05) is 25.7 Å². The van der Waals surface area contributed by atoms with E-state index in [1.165, 1.54) is 0 Å². The van der Waals surface area contributed by atoms with Crippen LogP contribution in [0.3, 0.4) is 0 Å². The van der Waals surface area contributed by atoms with Gasteiger partial charge in [-0.1, -0.05) is 17.7 Å². The van der Waals surface area contributed by atoms with E-state index < -0.39 is 0 Å². The van der Waals surface area contributed by atoms with Crippen molar-refractivity contribution in [2.75, 3.05) is 20.1 Å². The predicted octanol–water partition coefficient (Wildman–Crippen LogP) is 2.48. The number of hydrogen-bond donors (Lipinski definition) is 2. The summed E-state index contributed by atoms with van der Waals surface area (Å²) in [7, 11) is 2.11. The normalized spacial score (nSPS) is 11.4. The molecule has 0 saturated carbocycles. The maximum absolute atomic E-state index is 9.29. The molecule has 0 aliphatic carbocycles. The van der Waals surface area contributed by atoms with E-state index >= 15 is 0 Å². The minimum Gasteiger partial charge on any atom is -0.506 e. The summed E-state index contributed by atoms with van der Waals surface area (Å²) >= 11 is 5.83. The van der Waals surface area contributed by atoms with Gasteiger partial charge in [0.05, 0.1) is 5.02 Å². The molecule has 1 aromatic rings. The van der Waals surface area contributed by atoms with Gasteiger partial charge in [-0.2, -0.15) is 0 Å². The molecule has 96 valence electrons. The third kappa shape index (κ3) is 4.94. The number of aromatic hydroxyl groups is 1. The summed E-state index contributed by atoms with van der Waals surface area (Å²) in [6.07, 6.45) is 0. The lowest BCUT2D eigenvalue weighted by Gasteiger charge is -2.20. The maximum Gasteiger partial charge on any atom is 0.134 e. The number of benzene rings is 1. The maximum atomic E-state index is 9.29. The molecule has 0 radical (unpaired) electrons. The van der Waals surface area contributed by atoms with Gasteiger partial charge in [-0.3, -0.25) is 0 Å². The van der Waals surface area contributed by atoms with Crippen LogP contribution in [0, 0.1) is 0 Å². The molecule has 0 amide bonds. The van der Waals surface area contributed by atoms with Gasteiger partial charge in [0.15, 0.2) is 0 Å². The second-order valence-electron chi connectivity index (χ2n) is 4.54. The average molecular weight is 257 g/mol. The standard InChI is InChI=1S/C13H21ClN2O/c1-10(2)16(3)7-6-15-9-11-4-5-13(17)12(14)8-11/h4-5,8,10,15,17H,6-7,9H2,1-3H3. The van der Waals surface area contributed by atoms with Crippen LogP contribution >= 0.6 is 11.6 Å². The molecule has 17 heavy (non-hydrogen) atoms. The lowest BCUT2D eigenvalue weighted by atomic mass is 10.2. The second kappa shape index (κ2) is 6.84. The van der Waals surface area contributed by atoms with Crippen molar-refractivity contribution in [3.8, 4) is 5.75 Å². The Hall–Kier alpha value is -0.770. The summed E-state index contributed by atoms with van der Waals surface area (Å²) in [6.45, 7) is 7.09. The first-order chi connectivity index (χ1) is 8.00. The molecule has 1 rings (SSSR count). The third-order valence-corrected chi connectivity index (χ3v) is 3.17. The topological polar surface area (TPSA) is 35.5 Å². The van der Waals surface area contributed by atoms with E-state index in [4.69, 9.17) is 11.6 Å². The summed E-state index contributed by atoms with van der Waals surface area (Å²) in [5.41, 5.74) is 1.08. The van der Waals surface area contributed by atoms with Crippen LogP contribution in [0.25, 0.3) is 0 Å². The van der Waals surface area contributed by atoms with E-state index in [1.54, 1.807) is 12.1 Å². The van der Waals surface area contributed by atoms with Crippen LogP contribution in [0.1, 0.15) is 19.4 Å². The summed E-state index contributed by atoms with van der Waals surface area (Å²) in [6, 6.07) is 5.86. The molecule has 0 heterocycles. The molecule has 0 aliphatic heterocycles. The van der Waals surface area contributed by atoms with E-state index in [2.05, 4.69) is 31.1 Å². The summed E-state index contributed by atoms with van der Waals surface area (Å²) in [4.78, 5) is 2.29. The Kier molecular flexibility index (Phi) is 5.75. The SMILES string of the molecule is CC(C)N(C)CCNCc1ccc(O)c(Cl)c1. The zero-order chi connectivity index (χ0) is 12.8. The number of nitrogens with zero attached hydrogens (tertiary/aromatic N) is 1. The van der Waals surface area contributed by atoms with Crippen molar-refractivity contribution >= 4 is 11.6 Å². The van der Waals surface area contributed by atoms with Crippen LogP contribution in [0.15, 0.2) is 18.2 Å². The molecule has 0 spiro atoms. The van der Waals surface area contributed by atoms with Crippen molar-refractivity contribution in [2.45, 2.75) is 26.4 Å². The molecule has 0 aromatic heterocycles. The van der Waals surface area contributed by atoms with E-state index in [9.17, 15) is 5.11 Å². The van der Waals surface area contributed by atoms with Crippen LogP contribution in [0.4, 0.5) is 0 Å². The average Bonchev–Trinajstić information content (AvgIpc) is 2.28. The highest BCUT2D eigenvalue weighted by Crippen LogP contribution is 2.23. The Morgan fingerprint density at radius 1 is 1.41 bits per heavy atom. The van der Waals surface area contributed by atoms with E-state index in [-0.39, 0.29) is 5.75 Å². The van der Waals surface area contributed by atoms with Crippen LogP contribution in [-0.4, -0.2) is 36.2 Å². The van der Waals surface area contributed by atoms with E-state index in [0.29, 0.717) is 11.1 Å². The summed E-state index contributed by atoms with van der Waals surface area (Å²) in [5, 5.41) is 13.0. The number of phenolic OH excluding ortho intramolecular Hbond substituents is 1. The lowest BCUT2D eigenvalue weighted by Crippen LogP contribution is -2.33. The van der Waals surface area contributed by atoms with Gasteiger partial charge < -0.3 is 15.3 Å². The molecular weight excluding hydrogens is 236 g/mol. The van der Waals surface area contributed by atoms with Crippen molar-refractivity contribution in [1.29, 1.82) is 0 Å². The van der Waals surface area contributed by atoms with Gasteiger partial charge in [0.2, 0.25) is 0 Å². The minimum atomic E-state index is 0.134. The first-order valence-corrected chi connectivity index (χ1v) is 6.27. The van der Waals surface area contributed by atoms with Gasteiger partial charge in [0.1, 0.15) is 5.75 Å². The smallest absolute Gasteiger partial charge is 0.134 e. The van der Waals surface area contributed by atoms with E-state index in [1.807, 2.05) is 6.07 Å². The second-order valence-corrected chi connectivity index (χ2v) is 4.94. The molecule has 0 atom stereocenters. The van der Waals surface area contributed by atoms with Crippen molar-refractivity contribution < 1.29 is 5.11 Å². The van der Waals surface area contributed by atoms with Crippen LogP contribution in [0.5, 0.6) is 5.75 Å². The van der Waals surface area contributed by atoms with Gasteiger partial charge in [-0.25, -0.2) is 0 Å². The molecule has 0 bridgehead atoms. The molecule has 1 aromatic carbocycles. The Morgan fingerprint density at radius 2 is 2.12 bits per heavy atom. The highest BCUT2D eigenvalue weighted by atomic mass is 35.5.